The van der Waals surface area contributed by atoms with Crippen LogP contribution in [0.25, 0.3) is 0 Å². The third kappa shape index (κ3) is 5.25. The van der Waals surface area contributed by atoms with Crippen LogP contribution in [0, 0.1) is 11.3 Å². The van der Waals surface area contributed by atoms with Crippen LogP contribution in [0.1, 0.15) is 12.0 Å². The van der Waals surface area contributed by atoms with E-state index in [1.54, 1.807) is 65.2 Å². The standard InChI is InChI=1S/C20H19N3O3S/c21-14-15-2-6-17(7-3-15)26-18-8-4-16(5-9-18)22-19(24)20(25)23-10-1-12-27-13-11-23/h2-9H,1,10-13H2,(H,22,24). The van der Waals surface area contributed by atoms with Gasteiger partial charge >= 0.3 is 11.8 Å². The minimum absolute atomic E-state index is 0.490. The molecule has 1 N–H and O–H groups in total. The molecule has 0 saturated carbocycles. The first-order valence-electron chi connectivity index (χ1n) is 8.62. The topological polar surface area (TPSA) is 82.4 Å². The van der Waals surface area contributed by atoms with Gasteiger partial charge in [0.15, 0.2) is 0 Å². The molecule has 3 rings (SSSR count). The van der Waals surface area contributed by atoms with Crippen molar-refractivity contribution in [3.63, 3.8) is 0 Å². The lowest BCUT2D eigenvalue weighted by Gasteiger charge is -2.19. The Morgan fingerprint density at radius 3 is 2.33 bits per heavy atom. The number of hydrogen-bond acceptors (Lipinski definition) is 5. The van der Waals surface area contributed by atoms with Gasteiger partial charge in [-0.3, -0.25) is 9.59 Å². The first-order chi connectivity index (χ1) is 13.2. The number of anilines is 1. The Morgan fingerprint density at radius 1 is 1.00 bits per heavy atom. The molecule has 1 saturated heterocycles. The molecule has 7 heteroatoms. The zero-order valence-corrected chi connectivity index (χ0v) is 15.5. The quantitative estimate of drug-likeness (QED) is 0.825. The average Bonchev–Trinajstić information content (AvgIpc) is 2.99. The second-order valence-corrected chi connectivity index (χ2v) is 7.20. The number of carbonyl (C=O) groups is 2. The maximum Gasteiger partial charge on any atom is 0.313 e. The summed E-state index contributed by atoms with van der Waals surface area (Å²) < 4.78 is 5.69. The van der Waals surface area contributed by atoms with Gasteiger partial charge in [0.05, 0.1) is 11.6 Å². The van der Waals surface area contributed by atoms with Crippen molar-refractivity contribution in [2.45, 2.75) is 6.42 Å². The Morgan fingerprint density at radius 2 is 1.67 bits per heavy atom. The highest BCUT2D eigenvalue weighted by molar-refractivity contribution is 7.99. The number of nitrogens with zero attached hydrogens (tertiary/aromatic N) is 2. The molecule has 0 atom stereocenters. The second-order valence-electron chi connectivity index (χ2n) is 5.97. The summed E-state index contributed by atoms with van der Waals surface area (Å²) >= 11 is 1.80. The summed E-state index contributed by atoms with van der Waals surface area (Å²) in [6, 6.07) is 15.6. The van der Waals surface area contributed by atoms with Crippen LogP contribution in [0.2, 0.25) is 0 Å². The van der Waals surface area contributed by atoms with Gasteiger partial charge in [-0.2, -0.15) is 17.0 Å². The van der Waals surface area contributed by atoms with Crippen LogP contribution in [-0.4, -0.2) is 41.3 Å². The number of carbonyl (C=O) groups excluding carboxylic acids is 2. The molecular weight excluding hydrogens is 362 g/mol. The lowest BCUT2D eigenvalue weighted by molar-refractivity contribution is -0.142. The Balaban J connectivity index is 1.57. The number of ether oxygens (including phenoxy) is 1. The van der Waals surface area contributed by atoms with E-state index in [9.17, 15) is 9.59 Å². The van der Waals surface area contributed by atoms with Crippen LogP contribution in [0.15, 0.2) is 48.5 Å². The summed E-state index contributed by atoms with van der Waals surface area (Å²) in [4.78, 5) is 26.1. The molecule has 27 heavy (non-hydrogen) atoms. The highest BCUT2D eigenvalue weighted by Crippen LogP contribution is 2.23. The minimum atomic E-state index is -0.623. The van der Waals surface area contributed by atoms with Gasteiger partial charge in [0, 0.05) is 24.5 Å². The Bertz CT molecular complexity index is 836. The minimum Gasteiger partial charge on any atom is -0.457 e. The first-order valence-corrected chi connectivity index (χ1v) is 9.77. The van der Waals surface area contributed by atoms with Gasteiger partial charge in [0.1, 0.15) is 11.5 Å². The first kappa shape index (κ1) is 18.8. The van der Waals surface area contributed by atoms with Crippen molar-refractivity contribution >= 4 is 29.3 Å². The fraction of sp³-hybridized carbons (Fsp3) is 0.250. The summed E-state index contributed by atoms with van der Waals surface area (Å²) in [6.07, 6.45) is 0.908. The second kappa shape index (κ2) is 9.10. The van der Waals surface area contributed by atoms with Crippen molar-refractivity contribution in [2.75, 3.05) is 29.9 Å². The molecule has 138 valence electrons. The van der Waals surface area contributed by atoms with Crippen molar-refractivity contribution in [2.24, 2.45) is 0 Å². The highest BCUT2D eigenvalue weighted by Gasteiger charge is 2.22. The van der Waals surface area contributed by atoms with Crippen LogP contribution < -0.4 is 10.1 Å². The summed E-state index contributed by atoms with van der Waals surface area (Å²) in [5.74, 6) is 1.97. The largest absolute Gasteiger partial charge is 0.457 e. The fourth-order valence-electron chi connectivity index (χ4n) is 2.62. The molecular formula is C20H19N3O3S. The predicted octanol–water partition coefficient (Wildman–Crippen LogP) is 3.25. The SMILES string of the molecule is N#Cc1ccc(Oc2ccc(NC(=O)C(=O)N3CCCSCC3)cc2)cc1. The van der Waals surface area contributed by atoms with E-state index in [0.29, 0.717) is 35.8 Å². The molecule has 1 heterocycles. The monoisotopic (exact) mass is 381 g/mol. The maximum atomic E-state index is 12.3. The van der Waals surface area contributed by atoms with E-state index in [4.69, 9.17) is 10.00 Å². The van der Waals surface area contributed by atoms with Gasteiger partial charge in [0.2, 0.25) is 0 Å². The molecule has 0 aliphatic carbocycles. The van der Waals surface area contributed by atoms with Crippen LogP contribution in [-0.2, 0) is 9.59 Å². The van der Waals surface area contributed by atoms with Crippen LogP contribution in [0.5, 0.6) is 11.5 Å². The van der Waals surface area contributed by atoms with Gasteiger partial charge < -0.3 is 15.0 Å². The zero-order chi connectivity index (χ0) is 19.1. The number of amides is 2. The van der Waals surface area contributed by atoms with E-state index in [-0.39, 0.29) is 0 Å². The third-order valence-electron chi connectivity index (χ3n) is 4.04. The Kier molecular flexibility index (Phi) is 6.34. The lowest BCUT2D eigenvalue weighted by atomic mass is 10.2. The smallest absolute Gasteiger partial charge is 0.313 e. The molecule has 0 radical (unpaired) electrons. The Labute approximate surface area is 162 Å². The average molecular weight is 381 g/mol. The van der Waals surface area contributed by atoms with Crippen LogP contribution in [0.4, 0.5) is 5.69 Å². The van der Waals surface area contributed by atoms with Crippen molar-refractivity contribution in [3.8, 4) is 17.6 Å². The van der Waals surface area contributed by atoms with Crippen molar-refractivity contribution in [3.05, 3.63) is 54.1 Å². The summed E-state index contributed by atoms with van der Waals surface area (Å²) in [6.45, 7) is 1.23. The molecule has 6 nitrogen and oxygen atoms in total. The molecule has 0 spiro atoms. The van der Waals surface area contributed by atoms with Gasteiger partial charge in [-0.05, 0) is 60.7 Å². The van der Waals surface area contributed by atoms with E-state index >= 15 is 0 Å². The zero-order valence-electron chi connectivity index (χ0n) is 14.7. The molecule has 0 bridgehead atoms. The van der Waals surface area contributed by atoms with E-state index in [1.165, 1.54) is 0 Å². The van der Waals surface area contributed by atoms with E-state index in [0.717, 1.165) is 17.9 Å². The van der Waals surface area contributed by atoms with Gasteiger partial charge in [-0.1, -0.05) is 0 Å². The number of nitrogens with one attached hydrogen (secondary N) is 1. The summed E-state index contributed by atoms with van der Waals surface area (Å²) in [5, 5.41) is 11.4. The maximum absolute atomic E-state index is 12.3. The van der Waals surface area contributed by atoms with Gasteiger partial charge in [-0.15, -0.1) is 0 Å². The number of thioether (sulfide) groups is 1. The normalized spacial score (nSPS) is 14.0. The van der Waals surface area contributed by atoms with Crippen molar-refractivity contribution < 1.29 is 14.3 Å². The molecule has 2 amide bonds. The van der Waals surface area contributed by atoms with Gasteiger partial charge in [-0.25, -0.2) is 0 Å². The molecule has 1 aliphatic heterocycles. The molecule has 0 unspecified atom stereocenters. The van der Waals surface area contributed by atoms with E-state index in [2.05, 4.69) is 11.4 Å². The lowest BCUT2D eigenvalue weighted by Crippen LogP contribution is -2.40. The molecule has 0 aromatic heterocycles. The molecule has 1 aliphatic rings. The molecule has 1 fully saturated rings. The number of hydrogen-bond donors (Lipinski definition) is 1. The summed E-state index contributed by atoms with van der Waals surface area (Å²) in [7, 11) is 0. The van der Waals surface area contributed by atoms with Crippen LogP contribution in [0.3, 0.4) is 0 Å². The van der Waals surface area contributed by atoms with Crippen LogP contribution >= 0.6 is 11.8 Å². The predicted molar refractivity (Wildman–Crippen MR) is 105 cm³/mol. The summed E-state index contributed by atoms with van der Waals surface area (Å²) in [5.41, 5.74) is 1.10. The number of rotatable bonds is 3. The highest BCUT2D eigenvalue weighted by atomic mass is 32.2. The number of benzene rings is 2. The van der Waals surface area contributed by atoms with E-state index < -0.39 is 11.8 Å². The third-order valence-corrected chi connectivity index (χ3v) is 5.08. The molecule has 2 aromatic rings. The number of nitriles is 1. The van der Waals surface area contributed by atoms with Gasteiger partial charge in [0.25, 0.3) is 0 Å². The fourth-order valence-corrected chi connectivity index (χ4v) is 3.50. The van der Waals surface area contributed by atoms with Crippen molar-refractivity contribution in [1.82, 2.24) is 4.90 Å². The van der Waals surface area contributed by atoms with Crippen molar-refractivity contribution in [1.29, 1.82) is 5.26 Å². The van der Waals surface area contributed by atoms with E-state index in [1.807, 2.05) is 0 Å². The Hall–Kier alpha value is -2.98. The molecule has 2 aromatic carbocycles.